The van der Waals surface area contributed by atoms with Crippen LogP contribution in [0.15, 0.2) is 24.5 Å². The first-order chi connectivity index (χ1) is 12.1. The number of H-pyrrole nitrogens is 1. The first-order valence-corrected chi connectivity index (χ1v) is 8.59. The maximum absolute atomic E-state index is 13.1. The number of nitrogens with one attached hydrogen (secondary N) is 2. The maximum Gasteiger partial charge on any atom is 0.275 e. The van der Waals surface area contributed by atoms with E-state index in [1.807, 2.05) is 26.0 Å². The second kappa shape index (κ2) is 7.46. The number of carbonyl (C=O) groups is 2. The Morgan fingerprint density at radius 1 is 1.44 bits per heavy atom. The number of nitrogens with zero attached hydrogens (tertiary/aromatic N) is 3. The predicted octanol–water partition coefficient (Wildman–Crippen LogP) is 1.60. The molecular formula is C18H23N5O2. The third kappa shape index (κ3) is 3.87. The Bertz CT molecular complexity index is 756. The number of aryl methyl sites for hydroxylation is 1. The van der Waals surface area contributed by atoms with Gasteiger partial charge < -0.3 is 10.2 Å². The van der Waals surface area contributed by atoms with E-state index < -0.39 is 0 Å². The fourth-order valence-corrected chi connectivity index (χ4v) is 3.15. The molecule has 1 aliphatic rings. The molecule has 0 aliphatic carbocycles. The van der Waals surface area contributed by atoms with Gasteiger partial charge >= 0.3 is 0 Å². The molecule has 3 heterocycles. The zero-order chi connectivity index (χ0) is 17.8. The normalized spacial score (nSPS) is 16.7. The fraction of sp³-hybridized carbons (Fsp3) is 0.444. The van der Waals surface area contributed by atoms with Crippen LogP contribution < -0.4 is 5.32 Å². The molecule has 0 radical (unpaired) electrons. The molecule has 7 nitrogen and oxygen atoms in total. The lowest BCUT2D eigenvalue weighted by Crippen LogP contribution is -2.41. The summed E-state index contributed by atoms with van der Waals surface area (Å²) < 4.78 is 0. The molecule has 7 heteroatoms. The van der Waals surface area contributed by atoms with Crippen molar-refractivity contribution in [3.8, 4) is 0 Å². The minimum Gasteiger partial charge on any atom is -0.352 e. The molecule has 2 N–H and O–H groups in total. The van der Waals surface area contributed by atoms with E-state index in [1.54, 1.807) is 17.3 Å². The number of rotatable bonds is 6. The monoisotopic (exact) mass is 341 g/mol. The van der Waals surface area contributed by atoms with Crippen LogP contribution >= 0.6 is 0 Å². The van der Waals surface area contributed by atoms with Crippen molar-refractivity contribution < 1.29 is 9.59 Å². The largest absolute Gasteiger partial charge is 0.352 e. The summed E-state index contributed by atoms with van der Waals surface area (Å²) >= 11 is 0. The Labute approximate surface area is 146 Å². The Morgan fingerprint density at radius 2 is 2.28 bits per heavy atom. The summed E-state index contributed by atoms with van der Waals surface area (Å²) in [7, 11) is 0. The van der Waals surface area contributed by atoms with E-state index in [2.05, 4.69) is 20.5 Å². The molecule has 1 fully saturated rings. The molecule has 2 aromatic heterocycles. The molecule has 1 atom stereocenters. The Hall–Kier alpha value is -2.70. The van der Waals surface area contributed by atoms with E-state index in [9.17, 15) is 9.59 Å². The number of amides is 2. The summed E-state index contributed by atoms with van der Waals surface area (Å²) in [6, 6.07) is 3.78. The fourth-order valence-electron chi connectivity index (χ4n) is 3.15. The summed E-state index contributed by atoms with van der Waals surface area (Å²) in [5, 5.41) is 10.1. The molecule has 132 valence electrons. The molecule has 2 aromatic rings. The highest BCUT2D eigenvalue weighted by Gasteiger charge is 2.28. The highest BCUT2D eigenvalue weighted by molar-refractivity contribution is 5.94. The van der Waals surface area contributed by atoms with Crippen molar-refractivity contribution in [2.45, 2.75) is 45.7 Å². The Kier molecular flexibility index (Phi) is 5.11. The first-order valence-electron chi connectivity index (χ1n) is 8.59. The van der Waals surface area contributed by atoms with Gasteiger partial charge in [-0.3, -0.25) is 19.7 Å². The molecule has 25 heavy (non-hydrogen) atoms. The van der Waals surface area contributed by atoms with Crippen LogP contribution in [-0.2, 0) is 17.8 Å². The van der Waals surface area contributed by atoms with Crippen molar-refractivity contribution >= 4 is 11.8 Å². The third-order valence-electron chi connectivity index (χ3n) is 4.58. The van der Waals surface area contributed by atoms with Gasteiger partial charge in [-0.2, -0.15) is 5.10 Å². The van der Waals surface area contributed by atoms with Crippen molar-refractivity contribution in [1.29, 1.82) is 0 Å². The number of pyridine rings is 1. The molecule has 2 amide bonds. The second-order valence-corrected chi connectivity index (χ2v) is 6.38. The summed E-state index contributed by atoms with van der Waals surface area (Å²) in [4.78, 5) is 30.4. The van der Waals surface area contributed by atoms with Crippen LogP contribution in [0.3, 0.4) is 0 Å². The van der Waals surface area contributed by atoms with Gasteiger partial charge in [0.1, 0.15) is 0 Å². The molecule has 0 unspecified atom stereocenters. The van der Waals surface area contributed by atoms with Crippen molar-refractivity contribution in [3.63, 3.8) is 0 Å². The maximum atomic E-state index is 13.1. The van der Waals surface area contributed by atoms with E-state index in [0.717, 1.165) is 29.7 Å². The van der Waals surface area contributed by atoms with Crippen LogP contribution in [0, 0.1) is 6.92 Å². The van der Waals surface area contributed by atoms with Gasteiger partial charge in [-0.1, -0.05) is 13.0 Å². The highest BCUT2D eigenvalue weighted by atomic mass is 16.2. The molecule has 0 aromatic carbocycles. The van der Waals surface area contributed by atoms with E-state index in [4.69, 9.17) is 0 Å². The van der Waals surface area contributed by atoms with E-state index >= 15 is 0 Å². The minimum atomic E-state index is -0.126. The molecule has 0 saturated carbocycles. The average Bonchev–Trinajstić information content (AvgIpc) is 3.20. The van der Waals surface area contributed by atoms with Crippen LogP contribution in [0.1, 0.15) is 47.1 Å². The smallest absolute Gasteiger partial charge is 0.275 e. The summed E-state index contributed by atoms with van der Waals surface area (Å²) in [6.45, 7) is 4.84. The van der Waals surface area contributed by atoms with Gasteiger partial charge in [0.25, 0.3) is 5.91 Å². The summed E-state index contributed by atoms with van der Waals surface area (Å²) in [5.74, 6) is -0.0820. The predicted molar refractivity (Wildman–Crippen MR) is 92.8 cm³/mol. The number of hydrogen-bond donors (Lipinski definition) is 2. The number of aromatic nitrogens is 3. The lowest BCUT2D eigenvalue weighted by molar-refractivity contribution is -0.119. The van der Waals surface area contributed by atoms with Gasteiger partial charge in [0, 0.05) is 49.2 Å². The Balaban J connectivity index is 1.82. The summed E-state index contributed by atoms with van der Waals surface area (Å²) in [5.41, 5.74) is 3.26. The average molecular weight is 341 g/mol. The molecule has 0 spiro atoms. The zero-order valence-corrected chi connectivity index (χ0v) is 14.6. The SMILES string of the molecule is CCc1[nH]nc(C(=O)N(Cc2cccnc2)C[C@@H]2CCC(=O)N2)c1C. The highest BCUT2D eigenvalue weighted by Crippen LogP contribution is 2.17. The van der Waals surface area contributed by atoms with E-state index in [1.165, 1.54) is 0 Å². The van der Waals surface area contributed by atoms with Gasteiger partial charge in [0.2, 0.25) is 5.91 Å². The molecule has 1 aliphatic heterocycles. The van der Waals surface area contributed by atoms with Gasteiger partial charge in [-0.05, 0) is 31.4 Å². The quantitative estimate of drug-likeness (QED) is 0.835. The van der Waals surface area contributed by atoms with E-state index in [0.29, 0.717) is 25.2 Å². The number of hydrogen-bond acceptors (Lipinski definition) is 4. The van der Waals surface area contributed by atoms with Crippen LogP contribution in [0.5, 0.6) is 0 Å². The zero-order valence-electron chi connectivity index (χ0n) is 14.6. The van der Waals surface area contributed by atoms with Crippen LogP contribution in [-0.4, -0.2) is 44.5 Å². The van der Waals surface area contributed by atoms with Crippen LogP contribution in [0.4, 0.5) is 0 Å². The van der Waals surface area contributed by atoms with Gasteiger partial charge in [0.15, 0.2) is 5.69 Å². The molecular weight excluding hydrogens is 318 g/mol. The second-order valence-electron chi connectivity index (χ2n) is 6.38. The van der Waals surface area contributed by atoms with Crippen molar-refractivity contribution in [3.05, 3.63) is 47.0 Å². The standard InChI is InChI=1S/C18H23N5O2/c1-3-15-12(2)17(22-21-15)18(25)23(10-13-5-4-8-19-9-13)11-14-6-7-16(24)20-14/h4-5,8-9,14H,3,6-7,10-11H2,1-2H3,(H,20,24)(H,21,22)/t14-/m0/s1. The topological polar surface area (TPSA) is 91.0 Å². The van der Waals surface area contributed by atoms with E-state index in [-0.39, 0.29) is 17.9 Å². The Morgan fingerprint density at radius 3 is 2.88 bits per heavy atom. The minimum absolute atomic E-state index is 0.0157. The van der Waals surface area contributed by atoms with Crippen molar-refractivity contribution in [2.75, 3.05) is 6.54 Å². The molecule has 1 saturated heterocycles. The lowest BCUT2D eigenvalue weighted by Gasteiger charge is -2.25. The van der Waals surface area contributed by atoms with Crippen molar-refractivity contribution in [1.82, 2.24) is 25.4 Å². The third-order valence-corrected chi connectivity index (χ3v) is 4.58. The van der Waals surface area contributed by atoms with Crippen LogP contribution in [0.2, 0.25) is 0 Å². The summed E-state index contributed by atoms with van der Waals surface area (Å²) in [6.07, 6.45) is 5.52. The first kappa shape index (κ1) is 17.1. The molecule has 3 rings (SSSR count). The molecule has 0 bridgehead atoms. The van der Waals surface area contributed by atoms with Crippen molar-refractivity contribution in [2.24, 2.45) is 0 Å². The van der Waals surface area contributed by atoms with Gasteiger partial charge in [-0.25, -0.2) is 0 Å². The number of carbonyl (C=O) groups excluding carboxylic acids is 2. The van der Waals surface area contributed by atoms with Gasteiger partial charge in [-0.15, -0.1) is 0 Å². The van der Waals surface area contributed by atoms with Gasteiger partial charge in [0.05, 0.1) is 0 Å². The van der Waals surface area contributed by atoms with Crippen LogP contribution in [0.25, 0.3) is 0 Å². The lowest BCUT2D eigenvalue weighted by atomic mass is 10.1. The number of aromatic amines is 1.